The number of aromatic nitrogens is 3. The Hall–Kier alpha value is -5.15. The molecule has 0 unspecified atom stereocenters. The number of nitrogens with one attached hydrogen (secondary N) is 4. The molecular formula is C27H31BN8O6. The van der Waals surface area contributed by atoms with Crippen LogP contribution in [0.3, 0.4) is 0 Å². The van der Waals surface area contributed by atoms with Crippen molar-refractivity contribution < 1.29 is 29.2 Å². The van der Waals surface area contributed by atoms with E-state index in [9.17, 15) is 24.4 Å². The molecule has 2 aromatic carbocycles. The molecule has 0 spiro atoms. The molecule has 15 heteroatoms. The average molecular weight is 574 g/mol. The number of aromatic amines is 1. The van der Waals surface area contributed by atoms with Gasteiger partial charge in [-0.2, -0.15) is 9.97 Å². The Labute approximate surface area is 241 Å². The summed E-state index contributed by atoms with van der Waals surface area (Å²) in [5, 5.41) is 27.1. The summed E-state index contributed by atoms with van der Waals surface area (Å²) in [6.07, 6.45) is 3.22. The maximum atomic E-state index is 12.9. The number of hydrogen-bond donors (Lipinski definition) is 8. The zero-order valence-electron chi connectivity index (χ0n) is 22.8. The van der Waals surface area contributed by atoms with Crippen LogP contribution >= 0.6 is 0 Å². The van der Waals surface area contributed by atoms with Gasteiger partial charge in [-0.25, -0.2) is 9.59 Å². The first kappa shape index (κ1) is 29.8. The quantitative estimate of drug-likeness (QED) is 0.0887. The van der Waals surface area contributed by atoms with Gasteiger partial charge in [0.25, 0.3) is 5.91 Å². The SMILES string of the molecule is COC(=O)[C@H](CCNC(=O)Nc1cccc(B(O)O)c1)NC(=O)c1ccc(CCc2c[nH]c3nc(N)nc(N)c23)cc1. The van der Waals surface area contributed by atoms with Crippen molar-refractivity contribution in [3.8, 4) is 0 Å². The number of urea groups is 1. The number of anilines is 3. The van der Waals surface area contributed by atoms with E-state index in [1.807, 2.05) is 18.3 Å². The van der Waals surface area contributed by atoms with Crippen LogP contribution in [0, 0.1) is 0 Å². The summed E-state index contributed by atoms with van der Waals surface area (Å²) in [6, 6.07) is 11.5. The fraction of sp³-hybridized carbons (Fsp3) is 0.222. The fourth-order valence-corrected chi connectivity index (χ4v) is 4.36. The van der Waals surface area contributed by atoms with Crippen LogP contribution in [0.4, 0.5) is 22.2 Å². The molecule has 0 saturated carbocycles. The van der Waals surface area contributed by atoms with Gasteiger partial charge >= 0.3 is 19.1 Å². The third-order valence-corrected chi connectivity index (χ3v) is 6.51. The molecule has 0 aliphatic rings. The molecule has 3 amide bonds. The lowest BCUT2D eigenvalue weighted by Crippen LogP contribution is -2.44. The average Bonchev–Trinajstić information content (AvgIpc) is 3.38. The number of aryl methyl sites for hydroxylation is 2. The second kappa shape index (κ2) is 13.5. The van der Waals surface area contributed by atoms with Gasteiger partial charge in [-0.15, -0.1) is 0 Å². The van der Waals surface area contributed by atoms with Gasteiger partial charge in [-0.3, -0.25) is 4.79 Å². The lowest BCUT2D eigenvalue weighted by Gasteiger charge is -2.17. The zero-order chi connectivity index (χ0) is 30.2. The third kappa shape index (κ3) is 7.53. The zero-order valence-corrected chi connectivity index (χ0v) is 22.8. The third-order valence-electron chi connectivity index (χ3n) is 6.51. The minimum atomic E-state index is -1.67. The normalized spacial score (nSPS) is 11.5. The Morgan fingerprint density at radius 2 is 1.83 bits per heavy atom. The van der Waals surface area contributed by atoms with Crippen LogP contribution in [0.1, 0.15) is 27.9 Å². The van der Waals surface area contributed by atoms with E-state index in [4.69, 9.17) is 16.2 Å². The lowest BCUT2D eigenvalue weighted by molar-refractivity contribution is -0.143. The number of amides is 3. The van der Waals surface area contributed by atoms with Crippen molar-refractivity contribution >= 4 is 59.0 Å². The molecule has 10 N–H and O–H groups in total. The van der Waals surface area contributed by atoms with Crippen LogP contribution in [-0.4, -0.2) is 69.7 Å². The number of ether oxygens (including phenoxy) is 1. The number of nitrogens with two attached hydrogens (primary N) is 2. The summed E-state index contributed by atoms with van der Waals surface area (Å²) >= 11 is 0. The highest BCUT2D eigenvalue weighted by Gasteiger charge is 2.22. The monoisotopic (exact) mass is 574 g/mol. The second-order valence-corrected chi connectivity index (χ2v) is 9.42. The fourth-order valence-electron chi connectivity index (χ4n) is 4.36. The first-order chi connectivity index (χ1) is 20.1. The minimum absolute atomic E-state index is 0.0448. The van der Waals surface area contributed by atoms with Crippen LogP contribution < -0.4 is 32.9 Å². The van der Waals surface area contributed by atoms with E-state index in [0.717, 1.165) is 16.5 Å². The maximum absolute atomic E-state index is 12.9. The predicted octanol–water partition coefficient (Wildman–Crippen LogP) is 0.0705. The molecule has 4 aromatic rings. The molecule has 14 nitrogen and oxygen atoms in total. The number of benzene rings is 2. The summed E-state index contributed by atoms with van der Waals surface area (Å²) in [4.78, 5) is 48.6. The minimum Gasteiger partial charge on any atom is -0.467 e. The van der Waals surface area contributed by atoms with Gasteiger partial charge in [0, 0.05) is 24.0 Å². The lowest BCUT2D eigenvalue weighted by atomic mass is 9.80. The molecule has 2 aromatic heterocycles. The van der Waals surface area contributed by atoms with Crippen molar-refractivity contribution in [1.29, 1.82) is 0 Å². The molecular weight excluding hydrogens is 543 g/mol. The van der Waals surface area contributed by atoms with Gasteiger partial charge in [-0.05, 0) is 60.1 Å². The molecule has 0 bridgehead atoms. The van der Waals surface area contributed by atoms with E-state index in [2.05, 4.69) is 30.9 Å². The van der Waals surface area contributed by atoms with Crippen molar-refractivity contribution in [1.82, 2.24) is 25.6 Å². The largest absolute Gasteiger partial charge is 0.488 e. The Kier molecular flexibility index (Phi) is 9.57. The van der Waals surface area contributed by atoms with Crippen molar-refractivity contribution in [2.75, 3.05) is 30.4 Å². The van der Waals surface area contributed by atoms with E-state index < -0.39 is 31.1 Å². The van der Waals surface area contributed by atoms with E-state index >= 15 is 0 Å². The summed E-state index contributed by atoms with van der Waals surface area (Å²) in [6.45, 7) is 0.0448. The number of methoxy groups -OCH3 is 1. The van der Waals surface area contributed by atoms with Crippen molar-refractivity contribution in [2.24, 2.45) is 0 Å². The number of fused-ring (bicyclic) bond motifs is 1. The molecule has 1 atom stereocenters. The Morgan fingerprint density at radius 1 is 1.07 bits per heavy atom. The highest BCUT2D eigenvalue weighted by Crippen LogP contribution is 2.24. The summed E-state index contributed by atoms with van der Waals surface area (Å²) in [5.74, 6) is -0.720. The highest BCUT2D eigenvalue weighted by atomic mass is 16.5. The number of hydrogen-bond acceptors (Lipinski definition) is 10. The van der Waals surface area contributed by atoms with E-state index in [-0.39, 0.29) is 24.4 Å². The number of H-pyrrole nitrogens is 1. The molecule has 0 aliphatic heterocycles. The van der Waals surface area contributed by atoms with Gasteiger partial charge in [0.15, 0.2) is 0 Å². The molecule has 2 heterocycles. The Morgan fingerprint density at radius 3 is 2.55 bits per heavy atom. The molecule has 218 valence electrons. The molecule has 0 saturated heterocycles. The van der Waals surface area contributed by atoms with Gasteiger partial charge in [-0.1, -0.05) is 24.3 Å². The van der Waals surface area contributed by atoms with Gasteiger partial charge in [0.05, 0.1) is 12.5 Å². The summed E-state index contributed by atoms with van der Waals surface area (Å²) in [5.41, 5.74) is 15.1. The number of carbonyl (C=O) groups is 3. The smallest absolute Gasteiger partial charge is 0.467 e. The van der Waals surface area contributed by atoms with Crippen LogP contribution in [-0.2, 0) is 22.4 Å². The first-order valence-corrected chi connectivity index (χ1v) is 13.0. The molecule has 4 rings (SSSR count). The maximum Gasteiger partial charge on any atom is 0.488 e. The second-order valence-electron chi connectivity index (χ2n) is 9.42. The summed E-state index contributed by atoms with van der Waals surface area (Å²) < 4.78 is 4.81. The standard InChI is InChI=1S/C27H31BN8O6/c1-42-25(38)20(11-12-31-27(39)33-19-4-2-3-18(13-19)28(40)41)34-24(37)16-8-5-15(6-9-16)7-10-17-14-32-23-21(17)22(29)35-26(30)36-23/h2-6,8-9,13-14,20,40-41H,7,10-12H2,1H3,(H,34,37)(H2,31,33,39)(H5,29,30,32,35,36)/t20-/m0/s1. The van der Waals surface area contributed by atoms with Gasteiger partial charge in [0.2, 0.25) is 5.95 Å². The number of nitrogen functional groups attached to an aromatic ring is 2. The summed E-state index contributed by atoms with van der Waals surface area (Å²) in [7, 11) is -0.460. The predicted molar refractivity (Wildman–Crippen MR) is 158 cm³/mol. The first-order valence-electron chi connectivity index (χ1n) is 13.0. The van der Waals surface area contributed by atoms with Crippen LogP contribution in [0.25, 0.3) is 11.0 Å². The van der Waals surface area contributed by atoms with E-state index in [0.29, 0.717) is 35.6 Å². The van der Waals surface area contributed by atoms with Crippen molar-refractivity contribution in [3.05, 3.63) is 71.4 Å². The topological polar surface area (TPSA) is 231 Å². The van der Waals surface area contributed by atoms with Crippen LogP contribution in [0.5, 0.6) is 0 Å². The highest BCUT2D eigenvalue weighted by molar-refractivity contribution is 6.58. The number of nitrogens with zero attached hydrogens (tertiary/aromatic N) is 2. The van der Waals surface area contributed by atoms with Crippen LogP contribution in [0.2, 0.25) is 0 Å². The van der Waals surface area contributed by atoms with E-state index in [1.165, 1.54) is 19.2 Å². The molecule has 0 radical (unpaired) electrons. The number of esters is 1. The number of rotatable bonds is 11. The number of carbonyl (C=O) groups excluding carboxylic acids is 3. The van der Waals surface area contributed by atoms with Crippen LogP contribution in [0.15, 0.2) is 54.7 Å². The molecule has 42 heavy (non-hydrogen) atoms. The molecule has 0 fully saturated rings. The van der Waals surface area contributed by atoms with Gasteiger partial charge < -0.3 is 47.2 Å². The Bertz CT molecular complexity index is 1580. The van der Waals surface area contributed by atoms with Crippen molar-refractivity contribution in [2.45, 2.75) is 25.3 Å². The van der Waals surface area contributed by atoms with Gasteiger partial charge in [0.1, 0.15) is 17.5 Å². The van der Waals surface area contributed by atoms with E-state index in [1.54, 1.807) is 24.3 Å². The molecule has 0 aliphatic carbocycles. The van der Waals surface area contributed by atoms with Crippen molar-refractivity contribution in [3.63, 3.8) is 0 Å². The Balaban J connectivity index is 1.29.